The molecule has 5 N–H and O–H groups in total. The summed E-state index contributed by atoms with van der Waals surface area (Å²) >= 11 is 0. The number of hydrogen-bond donors (Lipinski definition) is 4. The van der Waals surface area contributed by atoms with E-state index in [1.54, 1.807) is 0 Å². The lowest BCUT2D eigenvalue weighted by molar-refractivity contribution is -0.130. The van der Waals surface area contributed by atoms with E-state index in [-0.39, 0.29) is 29.5 Å². The largest absolute Gasteiger partial charge is 0.508 e. The van der Waals surface area contributed by atoms with Gasteiger partial charge in [-0.25, -0.2) is 4.79 Å². The van der Waals surface area contributed by atoms with Gasteiger partial charge in [-0.2, -0.15) is 0 Å². The Hall–Kier alpha value is -2.12. The lowest BCUT2D eigenvalue weighted by Crippen LogP contribution is -2.46. The van der Waals surface area contributed by atoms with Crippen molar-refractivity contribution < 1.29 is 24.5 Å². The number of benzene rings is 1. The van der Waals surface area contributed by atoms with Gasteiger partial charge in [0.15, 0.2) is 0 Å². The van der Waals surface area contributed by atoms with Crippen LogP contribution in [0.3, 0.4) is 0 Å². The van der Waals surface area contributed by atoms with Gasteiger partial charge in [-0.3, -0.25) is 4.79 Å². The number of rotatable bonds is 4. The number of hydrogen-bond acceptors (Lipinski definition) is 5. The van der Waals surface area contributed by atoms with Gasteiger partial charge in [0.1, 0.15) is 5.75 Å². The molecule has 0 aromatic heterocycles. The minimum atomic E-state index is -1.23. The first kappa shape index (κ1) is 15.3. The van der Waals surface area contributed by atoms with Crippen molar-refractivity contribution in [3.05, 3.63) is 23.8 Å². The van der Waals surface area contributed by atoms with Crippen LogP contribution in [0.15, 0.2) is 18.2 Å². The van der Waals surface area contributed by atoms with E-state index < -0.39 is 11.4 Å². The van der Waals surface area contributed by atoms with Crippen LogP contribution >= 0.6 is 0 Å². The Kier molecular flexibility index (Phi) is 4.44. The smallest absolute Gasteiger partial charge is 0.337 e. The van der Waals surface area contributed by atoms with Crippen molar-refractivity contribution in [1.82, 2.24) is 0 Å². The zero-order valence-electron chi connectivity index (χ0n) is 11.5. The molecule has 1 heterocycles. The van der Waals surface area contributed by atoms with E-state index in [9.17, 15) is 14.7 Å². The Bertz CT molecular complexity index is 552. The summed E-state index contributed by atoms with van der Waals surface area (Å²) in [7, 11) is 0. The number of nitrogens with two attached hydrogens (primary N) is 1. The van der Waals surface area contributed by atoms with E-state index >= 15 is 0 Å². The standard InChI is InChI=1S/C14H18N2O5/c15-8-14(3-5-21-6-4-14)13(20)16-11-2-1-9(17)7-10(11)12(18)19/h1-2,7,17H,3-6,8,15H2,(H,16,20)(H,18,19). The van der Waals surface area contributed by atoms with Crippen molar-refractivity contribution in [1.29, 1.82) is 0 Å². The van der Waals surface area contributed by atoms with Crippen molar-refractivity contribution in [2.45, 2.75) is 12.8 Å². The van der Waals surface area contributed by atoms with Crippen molar-refractivity contribution >= 4 is 17.6 Å². The van der Waals surface area contributed by atoms with E-state index in [0.717, 1.165) is 6.07 Å². The molecule has 0 aliphatic carbocycles. The summed E-state index contributed by atoms with van der Waals surface area (Å²) in [5.74, 6) is -1.72. The third kappa shape index (κ3) is 3.14. The summed E-state index contributed by atoms with van der Waals surface area (Å²) in [4.78, 5) is 23.7. The molecule has 1 aliphatic heterocycles. The molecule has 1 aromatic carbocycles. The van der Waals surface area contributed by atoms with Crippen molar-refractivity contribution in [3.63, 3.8) is 0 Å². The second-order valence-electron chi connectivity index (χ2n) is 5.09. The first-order chi connectivity index (χ1) is 9.98. The Balaban J connectivity index is 2.24. The number of carboxylic acids is 1. The Labute approximate surface area is 121 Å². The summed E-state index contributed by atoms with van der Waals surface area (Å²) in [6.07, 6.45) is 0.992. The summed E-state index contributed by atoms with van der Waals surface area (Å²) < 4.78 is 5.24. The lowest BCUT2D eigenvalue weighted by atomic mass is 9.79. The molecule has 0 saturated carbocycles. The minimum Gasteiger partial charge on any atom is -0.508 e. The number of carbonyl (C=O) groups excluding carboxylic acids is 1. The Morgan fingerprint density at radius 3 is 2.57 bits per heavy atom. The predicted molar refractivity (Wildman–Crippen MR) is 75.2 cm³/mol. The third-order valence-electron chi connectivity index (χ3n) is 3.80. The van der Waals surface area contributed by atoms with Crippen molar-refractivity contribution in [2.24, 2.45) is 11.1 Å². The maximum atomic E-state index is 12.5. The highest BCUT2D eigenvalue weighted by atomic mass is 16.5. The van der Waals surface area contributed by atoms with Crippen LogP contribution in [0.4, 0.5) is 5.69 Å². The lowest BCUT2D eigenvalue weighted by Gasteiger charge is -2.34. The zero-order chi connectivity index (χ0) is 15.5. The van der Waals surface area contributed by atoms with Crippen molar-refractivity contribution in [2.75, 3.05) is 25.1 Å². The number of amides is 1. The maximum Gasteiger partial charge on any atom is 0.337 e. The summed E-state index contributed by atoms with van der Waals surface area (Å²) in [6, 6.07) is 3.78. The van der Waals surface area contributed by atoms with E-state index in [0.29, 0.717) is 26.1 Å². The van der Waals surface area contributed by atoms with Crippen molar-refractivity contribution in [3.8, 4) is 5.75 Å². The first-order valence-corrected chi connectivity index (χ1v) is 6.64. The van der Waals surface area contributed by atoms with Crippen LogP contribution in [0, 0.1) is 5.41 Å². The van der Waals surface area contributed by atoms with Gasteiger partial charge in [-0.15, -0.1) is 0 Å². The number of aromatic carboxylic acids is 1. The Morgan fingerprint density at radius 2 is 2.00 bits per heavy atom. The summed E-state index contributed by atoms with van der Waals surface area (Å²) in [6.45, 7) is 1.07. The molecular weight excluding hydrogens is 276 g/mol. The minimum absolute atomic E-state index is 0.143. The quantitative estimate of drug-likeness (QED) is 0.609. The summed E-state index contributed by atoms with van der Waals surface area (Å²) in [5.41, 5.74) is 4.98. The van der Waals surface area contributed by atoms with Crippen LogP contribution in [-0.4, -0.2) is 41.8 Å². The second-order valence-corrected chi connectivity index (χ2v) is 5.09. The third-order valence-corrected chi connectivity index (χ3v) is 3.80. The number of anilines is 1. The molecule has 1 aromatic rings. The van der Waals surface area contributed by atoms with Crippen LogP contribution in [0.2, 0.25) is 0 Å². The number of ether oxygens (including phenoxy) is 1. The molecule has 0 radical (unpaired) electrons. The van der Waals surface area contributed by atoms with Gasteiger partial charge >= 0.3 is 5.97 Å². The first-order valence-electron chi connectivity index (χ1n) is 6.64. The van der Waals surface area contributed by atoms with E-state index in [2.05, 4.69) is 5.32 Å². The Morgan fingerprint density at radius 1 is 1.33 bits per heavy atom. The SMILES string of the molecule is NCC1(C(=O)Nc2ccc(O)cc2C(=O)O)CCOCC1. The summed E-state index contributed by atoms with van der Waals surface area (Å²) in [5, 5.41) is 21.1. The van der Waals surface area contributed by atoms with Gasteiger partial charge in [0.05, 0.1) is 16.7 Å². The van der Waals surface area contributed by atoms with Gasteiger partial charge in [0, 0.05) is 19.8 Å². The molecule has 0 unspecified atom stereocenters. The highest BCUT2D eigenvalue weighted by Crippen LogP contribution is 2.32. The average molecular weight is 294 g/mol. The molecule has 1 fully saturated rings. The normalized spacial score (nSPS) is 17.2. The molecule has 7 nitrogen and oxygen atoms in total. The van der Waals surface area contributed by atoms with Gasteiger partial charge in [-0.05, 0) is 31.0 Å². The number of phenolic OH excluding ortho intramolecular Hbond substituents is 1. The van der Waals surface area contributed by atoms with Crippen LogP contribution in [0.1, 0.15) is 23.2 Å². The number of aromatic hydroxyl groups is 1. The second kappa shape index (κ2) is 6.11. The van der Waals surface area contributed by atoms with E-state index in [4.69, 9.17) is 15.6 Å². The molecule has 2 rings (SSSR count). The highest BCUT2D eigenvalue weighted by Gasteiger charge is 2.39. The number of carboxylic acid groups (broad SMARTS) is 1. The molecule has 0 atom stereocenters. The molecule has 1 saturated heterocycles. The van der Waals surface area contributed by atoms with Gasteiger partial charge in [0.2, 0.25) is 5.91 Å². The van der Waals surface area contributed by atoms with Gasteiger partial charge in [-0.1, -0.05) is 0 Å². The topological polar surface area (TPSA) is 122 Å². The fourth-order valence-corrected chi connectivity index (χ4v) is 2.36. The fourth-order valence-electron chi connectivity index (χ4n) is 2.36. The van der Waals surface area contributed by atoms with Crippen LogP contribution < -0.4 is 11.1 Å². The van der Waals surface area contributed by atoms with Gasteiger partial charge in [0.25, 0.3) is 0 Å². The average Bonchev–Trinajstić information content (AvgIpc) is 2.49. The number of carbonyl (C=O) groups is 2. The fraction of sp³-hybridized carbons (Fsp3) is 0.429. The monoisotopic (exact) mass is 294 g/mol. The zero-order valence-corrected chi connectivity index (χ0v) is 11.5. The van der Waals surface area contributed by atoms with Crippen LogP contribution in [0.25, 0.3) is 0 Å². The molecular formula is C14H18N2O5. The van der Waals surface area contributed by atoms with Gasteiger partial charge < -0.3 is 26.0 Å². The van der Waals surface area contributed by atoms with Crippen LogP contribution in [-0.2, 0) is 9.53 Å². The number of phenols is 1. The van der Waals surface area contributed by atoms with E-state index in [1.807, 2.05) is 0 Å². The molecule has 114 valence electrons. The van der Waals surface area contributed by atoms with Crippen LogP contribution in [0.5, 0.6) is 5.75 Å². The molecule has 0 spiro atoms. The predicted octanol–water partition coefficient (Wildman–Crippen LogP) is 0.784. The molecule has 0 bridgehead atoms. The number of nitrogens with one attached hydrogen (secondary N) is 1. The molecule has 7 heteroatoms. The molecule has 21 heavy (non-hydrogen) atoms. The molecule has 1 aliphatic rings. The maximum absolute atomic E-state index is 12.5. The highest BCUT2D eigenvalue weighted by molar-refractivity contribution is 6.02. The molecule has 1 amide bonds. The van der Waals surface area contributed by atoms with E-state index in [1.165, 1.54) is 12.1 Å².